The second-order valence-corrected chi connectivity index (χ2v) is 7.98. The molecule has 160 valence electrons. The molecule has 0 spiro atoms. The number of hydrogen-bond acceptors (Lipinski definition) is 7. The van der Waals surface area contributed by atoms with Gasteiger partial charge in [0, 0.05) is 6.07 Å². The maximum Gasteiger partial charge on any atom is 0.338 e. The molecule has 0 aromatic heterocycles. The van der Waals surface area contributed by atoms with Crippen LogP contribution in [0, 0.1) is 10.1 Å². The lowest BCUT2D eigenvalue weighted by molar-refractivity contribution is -0.385. The zero-order valence-electron chi connectivity index (χ0n) is 16.3. The molecule has 1 N–H and O–H groups in total. The molecule has 0 saturated heterocycles. The molecule has 3 aromatic carbocycles. The number of esters is 1. The predicted octanol–water partition coefficient (Wildman–Crippen LogP) is 3.76. The van der Waals surface area contributed by atoms with Gasteiger partial charge in [-0.05, 0) is 36.4 Å². The van der Waals surface area contributed by atoms with E-state index in [1.807, 2.05) is 0 Å². The number of benzene rings is 3. The van der Waals surface area contributed by atoms with Gasteiger partial charge < -0.3 is 9.47 Å². The van der Waals surface area contributed by atoms with Crippen LogP contribution in [0.15, 0.2) is 77.7 Å². The standard InChI is InChI=1S/C21H18N2O7S/c1-29-20-12-5-3-10-18(20)22-31(27,28)17-9-6-8-15(13-17)21(24)30-14-16-7-2-4-11-19(16)23(25)26/h2-13,22H,14H2,1H3. The van der Waals surface area contributed by atoms with Crippen LogP contribution in [0.4, 0.5) is 11.4 Å². The van der Waals surface area contributed by atoms with E-state index >= 15 is 0 Å². The normalized spacial score (nSPS) is 10.9. The van der Waals surface area contributed by atoms with Gasteiger partial charge in [0.25, 0.3) is 15.7 Å². The molecule has 0 heterocycles. The minimum Gasteiger partial charge on any atom is -0.495 e. The van der Waals surface area contributed by atoms with Crippen molar-refractivity contribution in [2.75, 3.05) is 11.8 Å². The van der Waals surface area contributed by atoms with Crippen LogP contribution in [0.3, 0.4) is 0 Å². The summed E-state index contributed by atoms with van der Waals surface area (Å²) in [4.78, 5) is 22.8. The van der Waals surface area contributed by atoms with Crippen LogP contribution < -0.4 is 9.46 Å². The maximum absolute atomic E-state index is 12.7. The molecule has 3 rings (SSSR count). The van der Waals surface area contributed by atoms with Crippen LogP contribution in [0.5, 0.6) is 5.75 Å². The molecule has 10 heteroatoms. The van der Waals surface area contributed by atoms with Gasteiger partial charge in [-0.25, -0.2) is 13.2 Å². The average molecular weight is 442 g/mol. The summed E-state index contributed by atoms with van der Waals surface area (Å²) in [6.07, 6.45) is 0. The summed E-state index contributed by atoms with van der Waals surface area (Å²) >= 11 is 0. The highest BCUT2D eigenvalue weighted by molar-refractivity contribution is 7.92. The third-order valence-electron chi connectivity index (χ3n) is 4.28. The Morgan fingerprint density at radius 3 is 2.48 bits per heavy atom. The number of methoxy groups -OCH3 is 1. The minimum atomic E-state index is -4.01. The summed E-state index contributed by atoms with van der Waals surface area (Å²) in [5.74, 6) is -0.474. The first-order valence-corrected chi connectivity index (χ1v) is 10.5. The van der Waals surface area contributed by atoms with Gasteiger partial charge in [0.05, 0.1) is 33.7 Å². The van der Waals surface area contributed by atoms with E-state index in [4.69, 9.17) is 9.47 Å². The zero-order valence-corrected chi connectivity index (χ0v) is 17.2. The first-order chi connectivity index (χ1) is 14.8. The molecule has 0 atom stereocenters. The van der Waals surface area contributed by atoms with E-state index in [1.165, 1.54) is 49.6 Å². The second kappa shape index (κ2) is 9.26. The Labute approximate surface area is 178 Å². The van der Waals surface area contributed by atoms with Crippen molar-refractivity contribution in [2.45, 2.75) is 11.5 Å². The number of rotatable bonds is 8. The van der Waals surface area contributed by atoms with Crippen LogP contribution in [-0.4, -0.2) is 26.4 Å². The van der Waals surface area contributed by atoms with Crippen molar-refractivity contribution in [3.05, 3.63) is 94.0 Å². The Morgan fingerprint density at radius 2 is 1.74 bits per heavy atom. The fourth-order valence-corrected chi connectivity index (χ4v) is 3.88. The van der Waals surface area contributed by atoms with Crippen molar-refractivity contribution in [3.63, 3.8) is 0 Å². The summed E-state index contributed by atoms with van der Waals surface area (Å²) in [5, 5.41) is 11.1. The molecule has 0 bridgehead atoms. The Kier molecular flexibility index (Phi) is 6.51. The highest BCUT2D eigenvalue weighted by Crippen LogP contribution is 2.26. The molecule has 3 aromatic rings. The number of nitrogens with one attached hydrogen (secondary N) is 1. The average Bonchev–Trinajstić information content (AvgIpc) is 2.77. The second-order valence-electron chi connectivity index (χ2n) is 6.30. The third-order valence-corrected chi connectivity index (χ3v) is 5.64. The maximum atomic E-state index is 12.7. The Bertz CT molecular complexity index is 1230. The predicted molar refractivity (Wildman–Crippen MR) is 112 cm³/mol. The molecular formula is C21H18N2O7S. The van der Waals surface area contributed by atoms with E-state index in [0.29, 0.717) is 5.75 Å². The number of hydrogen-bond donors (Lipinski definition) is 1. The molecule has 31 heavy (non-hydrogen) atoms. The van der Waals surface area contributed by atoms with E-state index in [1.54, 1.807) is 30.3 Å². The first kappa shape index (κ1) is 21.8. The number of nitro benzene ring substituents is 1. The van der Waals surface area contributed by atoms with Crippen molar-refractivity contribution in [3.8, 4) is 5.75 Å². The molecule has 0 amide bonds. The van der Waals surface area contributed by atoms with Gasteiger partial charge in [-0.15, -0.1) is 0 Å². The van der Waals surface area contributed by atoms with Crippen molar-refractivity contribution < 1.29 is 27.6 Å². The topological polar surface area (TPSA) is 125 Å². The van der Waals surface area contributed by atoms with Crippen LogP contribution in [0.2, 0.25) is 0 Å². The molecular weight excluding hydrogens is 424 g/mol. The molecule has 0 fully saturated rings. The van der Waals surface area contributed by atoms with Crippen LogP contribution in [0.25, 0.3) is 0 Å². The van der Waals surface area contributed by atoms with E-state index in [9.17, 15) is 23.3 Å². The van der Waals surface area contributed by atoms with E-state index in [0.717, 1.165) is 0 Å². The number of carbonyl (C=O) groups is 1. The molecule has 9 nitrogen and oxygen atoms in total. The van der Waals surface area contributed by atoms with Gasteiger partial charge in [0.1, 0.15) is 12.4 Å². The highest BCUT2D eigenvalue weighted by atomic mass is 32.2. The number of ether oxygens (including phenoxy) is 2. The SMILES string of the molecule is COc1ccccc1NS(=O)(=O)c1cccc(C(=O)OCc2ccccc2[N+](=O)[O-])c1. The van der Waals surface area contributed by atoms with Crippen molar-refractivity contribution in [1.82, 2.24) is 0 Å². The van der Waals surface area contributed by atoms with Crippen molar-refractivity contribution in [1.29, 1.82) is 0 Å². The van der Waals surface area contributed by atoms with E-state index in [-0.39, 0.29) is 34.0 Å². The Balaban J connectivity index is 1.78. The molecule has 0 aliphatic rings. The highest BCUT2D eigenvalue weighted by Gasteiger charge is 2.20. The van der Waals surface area contributed by atoms with E-state index in [2.05, 4.69) is 4.72 Å². The van der Waals surface area contributed by atoms with Crippen molar-refractivity contribution >= 4 is 27.4 Å². The number of nitro groups is 1. The zero-order chi connectivity index (χ0) is 22.4. The lowest BCUT2D eigenvalue weighted by atomic mass is 10.2. The quantitative estimate of drug-likeness (QED) is 0.320. The monoisotopic (exact) mass is 442 g/mol. The Hall–Kier alpha value is -3.92. The van der Waals surface area contributed by atoms with E-state index < -0.39 is 20.9 Å². The van der Waals surface area contributed by atoms with Gasteiger partial charge in [-0.3, -0.25) is 14.8 Å². The number of anilines is 1. The fraction of sp³-hybridized carbons (Fsp3) is 0.0952. The number of carbonyl (C=O) groups excluding carboxylic acids is 1. The van der Waals surface area contributed by atoms with Crippen LogP contribution in [-0.2, 0) is 21.4 Å². The summed E-state index contributed by atoms with van der Waals surface area (Å²) in [5.41, 5.74) is 0.283. The smallest absolute Gasteiger partial charge is 0.338 e. The van der Waals surface area contributed by atoms with Gasteiger partial charge in [0.2, 0.25) is 0 Å². The van der Waals surface area contributed by atoms with Crippen LogP contribution in [0.1, 0.15) is 15.9 Å². The summed E-state index contributed by atoms with van der Waals surface area (Å²) in [6.45, 7) is -0.327. The fourth-order valence-electron chi connectivity index (χ4n) is 2.76. The van der Waals surface area contributed by atoms with Crippen LogP contribution >= 0.6 is 0 Å². The minimum absolute atomic E-state index is 0.0125. The third kappa shape index (κ3) is 5.17. The number of para-hydroxylation sites is 3. The lowest BCUT2D eigenvalue weighted by Crippen LogP contribution is -2.15. The number of nitrogens with zero attached hydrogens (tertiary/aromatic N) is 1. The summed E-state index contributed by atoms with van der Waals surface area (Å²) in [7, 11) is -2.60. The van der Waals surface area contributed by atoms with Gasteiger partial charge in [-0.2, -0.15) is 0 Å². The number of sulfonamides is 1. The molecule has 0 saturated carbocycles. The first-order valence-electron chi connectivity index (χ1n) is 8.97. The van der Waals surface area contributed by atoms with Gasteiger partial charge in [-0.1, -0.05) is 30.3 Å². The Morgan fingerprint density at radius 1 is 1.03 bits per heavy atom. The summed E-state index contributed by atoms with van der Waals surface area (Å²) < 4.78 is 38.2. The molecule has 0 aliphatic heterocycles. The molecule has 0 unspecified atom stereocenters. The lowest BCUT2D eigenvalue weighted by Gasteiger charge is -2.12. The van der Waals surface area contributed by atoms with Crippen molar-refractivity contribution in [2.24, 2.45) is 0 Å². The molecule has 0 radical (unpaired) electrons. The largest absolute Gasteiger partial charge is 0.495 e. The van der Waals surface area contributed by atoms with Gasteiger partial charge in [0.15, 0.2) is 0 Å². The van der Waals surface area contributed by atoms with Gasteiger partial charge >= 0.3 is 5.97 Å². The summed E-state index contributed by atoms with van der Waals surface area (Å²) in [6, 6.07) is 17.7. The molecule has 0 aliphatic carbocycles.